The minimum absolute atomic E-state index is 0. The molecule has 0 aromatic rings. The van der Waals surface area contributed by atoms with Crippen LogP contribution in [0.5, 0.6) is 0 Å². The third-order valence-electron chi connectivity index (χ3n) is 8.11. The Morgan fingerprint density at radius 2 is 1.00 bits per heavy atom. The average Bonchev–Trinajstić information content (AvgIpc) is 3.55. The van der Waals surface area contributed by atoms with Crippen LogP contribution in [0.15, 0.2) is 82.0 Å². The summed E-state index contributed by atoms with van der Waals surface area (Å²) in [6, 6.07) is 0. The molecule has 0 aliphatic heterocycles. The summed E-state index contributed by atoms with van der Waals surface area (Å²) in [4.78, 5) is 0. The number of halogens is 2. The molecule has 2 nitrogen and oxygen atoms in total. The third kappa shape index (κ3) is 11.0. The molecule has 0 N–H and O–H groups in total. The van der Waals surface area contributed by atoms with Crippen molar-refractivity contribution >= 4 is 0 Å². The van der Waals surface area contributed by atoms with E-state index in [0.29, 0.717) is 0 Å². The van der Waals surface area contributed by atoms with Crippen LogP contribution in [0.4, 0.5) is 0 Å². The quantitative estimate of drug-likeness (QED) is 0.316. The van der Waals surface area contributed by atoms with Crippen molar-refractivity contribution in [2.75, 3.05) is 14.2 Å². The van der Waals surface area contributed by atoms with Gasteiger partial charge in [0.15, 0.2) is 0 Å². The van der Waals surface area contributed by atoms with Crippen molar-refractivity contribution in [3.63, 3.8) is 0 Å². The van der Waals surface area contributed by atoms with Gasteiger partial charge >= 0.3 is 43.4 Å². The van der Waals surface area contributed by atoms with Crippen molar-refractivity contribution in [1.29, 1.82) is 0 Å². The van der Waals surface area contributed by atoms with Crippen molar-refractivity contribution in [2.45, 2.75) is 105 Å². The fraction of sp³-hybridized carbons (Fsp3) is 0.556. The second-order valence-electron chi connectivity index (χ2n) is 13.3. The molecule has 0 aromatic heterocycles. The van der Waals surface area contributed by atoms with E-state index < -0.39 is 0 Å². The van der Waals surface area contributed by atoms with Crippen LogP contribution in [0.1, 0.15) is 93.9 Å². The zero-order valence-corrected chi connectivity index (χ0v) is 32.1. The number of ether oxygens (including phenoxy) is 2. The van der Waals surface area contributed by atoms with Gasteiger partial charge in [0.25, 0.3) is 0 Å². The molecule has 0 bridgehead atoms. The van der Waals surface area contributed by atoms with Crippen molar-refractivity contribution < 1.29 is 77.7 Å². The van der Waals surface area contributed by atoms with E-state index in [9.17, 15) is 0 Å². The van der Waals surface area contributed by atoms with Crippen molar-refractivity contribution in [1.82, 2.24) is 0 Å². The number of rotatable bonds is 6. The van der Waals surface area contributed by atoms with Gasteiger partial charge in [0.05, 0.1) is 11.2 Å². The van der Waals surface area contributed by atoms with E-state index in [0.717, 1.165) is 38.5 Å². The first kappa shape index (κ1) is 44.0. The van der Waals surface area contributed by atoms with Gasteiger partial charge in [-0.15, -0.1) is 12.8 Å². The molecule has 0 amide bonds. The Morgan fingerprint density at radius 1 is 0.667 bits per heavy atom. The predicted molar refractivity (Wildman–Crippen MR) is 162 cm³/mol. The van der Waals surface area contributed by atoms with Crippen molar-refractivity contribution in [3.05, 3.63) is 94.2 Å². The molecule has 4 aliphatic carbocycles. The van der Waals surface area contributed by atoms with E-state index in [-0.39, 0.29) is 90.3 Å². The second kappa shape index (κ2) is 18.1. The zero-order valence-electron chi connectivity index (χ0n) is 27.4. The van der Waals surface area contributed by atoms with Gasteiger partial charge in [-0.1, -0.05) is 77.0 Å². The van der Waals surface area contributed by atoms with E-state index >= 15 is 0 Å². The predicted octanol–water partition coefficient (Wildman–Crippen LogP) is 3.55. The van der Waals surface area contributed by atoms with Crippen LogP contribution in [0, 0.1) is 23.0 Å². The minimum Gasteiger partial charge on any atom is -1.00 e. The molecule has 2 atom stereocenters. The van der Waals surface area contributed by atoms with Gasteiger partial charge < -0.3 is 34.3 Å². The van der Waals surface area contributed by atoms with Crippen molar-refractivity contribution in [2.24, 2.45) is 10.8 Å². The molecular weight excluding hydrogens is 631 g/mol. The maximum absolute atomic E-state index is 6.02. The van der Waals surface area contributed by atoms with Gasteiger partial charge in [0, 0.05) is 14.2 Å². The van der Waals surface area contributed by atoms with Crippen LogP contribution in [0.25, 0.3) is 0 Å². The van der Waals surface area contributed by atoms with Gasteiger partial charge in [0.2, 0.25) is 0 Å². The summed E-state index contributed by atoms with van der Waals surface area (Å²) in [7, 11) is 3.68. The Hall–Kier alpha value is -0.151. The molecule has 0 radical (unpaired) electrons. The SMILES string of the molecule is COC1(CC2=[C-]CC=C2)CC=C(C)C=C1C(C)(C)C.COC1(CC2=[C-]CC=C2)CC=C(C)C=C1C(C)(C)C.[Cl-].[Cl-].[Ti+2].[Ti+2]. The Labute approximate surface area is 300 Å². The van der Waals surface area contributed by atoms with E-state index in [1.807, 2.05) is 14.2 Å². The van der Waals surface area contributed by atoms with Crippen LogP contribution >= 0.6 is 0 Å². The Balaban J connectivity index is 0. The normalized spacial score (nSPS) is 24.5. The summed E-state index contributed by atoms with van der Waals surface area (Å²) in [5, 5.41) is 0. The molecule has 42 heavy (non-hydrogen) atoms. The van der Waals surface area contributed by atoms with E-state index in [4.69, 9.17) is 9.47 Å². The summed E-state index contributed by atoms with van der Waals surface area (Å²) >= 11 is 0. The van der Waals surface area contributed by atoms with Crippen LogP contribution in [0.2, 0.25) is 0 Å². The number of hydrogen-bond acceptors (Lipinski definition) is 2. The maximum Gasteiger partial charge on any atom is 2.00 e. The topological polar surface area (TPSA) is 18.5 Å². The third-order valence-corrected chi connectivity index (χ3v) is 8.11. The van der Waals surface area contributed by atoms with Crippen LogP contribution in [-0.4, -0.2) is 25.4 Å². The van der Waals surface area contributed by atoms with Gasteiger partial charge in [0.1, 0.15) is 0 Å². The molecule has 0 saturated heterocycles. The molecule has 0 aromatic carbocycles. The fourth-order valence-corrected chi connectivity index (χ4v) is 6.13. The van der Waals surface area contributed by atoms with Gasteiger partial charge in [-0.05, 0) is 61.5 Å². The molecular formula is C36H50Cl2O2Ti2. The molecule has 4 rings (SSSR count). The van der Waals surface area contributed by atoms with E-state index in [1.165, 1.54) is 33.4 Å². The largest absolute Gasteiger partial charge is 2.00 e. The smallest absolute Gasteiger partial charge is 1.00 e. The summed E-state index contributed by atoms with van der Waals surface area (Å²) in [5.74, 6) is 0. The van der Waals surface area contributed by atoms with E-state index in [2.05, 4.69) is 116 Å². The number of methoxy groups -OCH3 is 2. The molecule has 228 valence electrons. The first-order chi connectivity index (χ1) is 17.7. The van der Waals surface area contributed by atoms with Crippen molar-refractivity contribution in [3.8, 4) is 0 Å². The summed E-state index contributed by atoms with van der Waals surface area (Å²) < 4.78 is 12.0. The summed E-state index contributed by atoms with van der Waals surface area (Å²) in [6.07, 6.45) is 30.4. The molecule has 0 fully saturated rings. The molecule has 6 heteroatoms. The Morgan fingerprint density at radius 3 is 1.24 bits per heavy atom. The molecule has 0 spiro atoms. The number of hydrogen-bond donors (Lipinski definition) is 0. The fourth-order valence-electron chi connectivity index (χ4n) is 6.13. The molecule has 4 aliphatic rings. The number of allylic oxidation sites excluding steroid dienone is 10. The monoisotopic (exact) mass is 680 g/mol. The summed E-state index contributed by atoms with van der Waals surface area (Å²) in [6.45, 7) is 18.0. The zero-order chi connectivity index (χ0) is 28.2. The second-order valence-corrected chi connectivity index (χ2v) is 13.3. The first-order valence-electron chi connectivity index (χ1n) is 14.2. The van der Waals surface area contributed by atoms with Crippen LogP contribution in [0.3, 0.4) is 0 Å². The van der Waals surface area contributed by atoms with Gasteiger partial charge in [-0.3, -0.25) is 12.2 Å². The molecule has 0 heterocycles. The molecule has 2 unspecified atom stereocenters. The Bertz CT molecular complexity index is 1050. The van der Waals surface area contributed by atoms with Crippen LogP contribution < -0.4 is 24.8 Å². The van der Waals surface area contributed by atoms with E-state index in [1.54, 1.807) is 0 Å². The van der Waals surface area contributed by atoms with Gasteiger partial charge in [-0.25, -0.2) is 23.3 Å². The summed E-state index contributed by atoms with van der Waals surface area (Å²) in [5.41, 5.74) is 7.89. The van der Waals surface area contributed by atoms with Gasteiger partial charge in [-0.2, -0.15) is 12.2 Å². The molecule has 0 saturated carbocycles. The first-order valence-corrected chi connectivity index (χ1v) is 14.2. The maximum atomic E-state index is 6.02. The standard InChI is InChI=1S/2C18H25O.2ClH.2Ti/c2*1-14-10-11-18(19-5,13-15-8-6-7-9-15)16(12-14)17(2,3)4;;;;/h2*6,8,10,12H,7,11,13H2,1-5H3;2*1H;;/q2*-1;;;2*+2/p-2. The Kier molecular flexibility index (Phi) is 19.0. The minimum atomic E-state index is -0.200. The van der Waals surface area contributed by atoms with Crippen LogP contribution in [-0.2, 0) is 52.9 Å². The average molecular weight is 681 g/mol.